The predicted octanol–water partition coefficient (Wildman–Crippen LogP) is 2.68. The van der Waals surface area contributed by atoms with Gasteiger partial charge in [0.2, 0.25) is 5.91 Å². The van der Waals surface area contributed by atoms with Crippen LogP contribution < -0.4 is 10.7 Å². The molecule has 0 spiro atoms. The second-order valence-electron chi connectivity index (χ2n) is 8.71. The topological polar surface area (TPSA) is 76.8 Å². The van der Waals surface area contributed by atoms with Crippen LogP contribution in [0.25, 0.3) is 0 Å². The number of fused-ring (bicyclic) bond motifs is 3. The molecule has 3 heterocycles. The monoisotopic (exact) mass is 430 g/mol. The standard InChI is InChI=1S/C22H31N5O2S/c1-6-23-18(28)11-17-21-26(15(5)25-27(21)29)22-19(13(3)14(4)30-22)20(24-17)16-9-7-12(2)8-10-16/h7-10,13-15,17,19,21-22H,6,11H2,1-5H3,(H-,23,25,28,29)/p+1/t13?,14?,15?,17-,19?,21?,22?/m0/s1. The predicted molar refractivity (Wildman–Crippen MR) is 120 cm³/mol. The fourth-order valence-electron chi connectivity index (χ4n) is 4.96. The number of nitroso groups, excluding NO2 is 1. The zero-order valence-electron chi connectivity index (χ0n) is 18.3. The summed E-state index contributed by atoms with van der Waals surface area (Å²) in [5.74, 6) is 0.547. The number of nitrogens with one attached hydrogen (secondary N) is 2. The molecule has 1 amide bonds. The minimum absolute atomic E-state index is 0.0662. The summed E-state index contributed by atoms with van der Waals surface area (Å²) in [5, 5.41) is 3.48. The van der Waals surface area contributed by atoms with Crippen LogP contribution in [-0.2, 0) is 4.79 Å². The normalized spacial score (nSPS) is 35.8. The van der Waals surface area contributed by atoms with E-state index in [9.17, 15) is 9.70 Å². The number of aliphatic imine (C=N–C) groups is 1. The quantitative estimate of drug-likeness (QED) is 0.719. The molecule has 0 bridgehead atoms. The molecule has 4 rings (SSSR count). The first-order valence-electron chi connectivity index (χ1n) is 10.9. The average Bonchev–Trinajstić information content (AvgIpc) is 3.09. The third kappa shape index (κ3) is 3.64. The van der Waals surface area contributed by atoms with E-state index in [1.165, 1.54) is 5.56 Å². The smallest absolute Gasteiger partial charge is 0.315 e. The number of rotatable bonds is 4. The number of benzene rings is 1. The number of hydrazine groups is 1. The van der Waals surface area contributed by atoms with E-state index < -0.39 is 12.2 Å². The van der Waals surface area contributed by atoms with Gasteiger partial charge in [0.1, 0.15) is 17.1 Å². The molecule has 0 saturated carbocycles. The Morgan fingerprint density at radius 3 is 2.63 bits per heavy atom. The Morgan fingerprint density at radius 2 is 1.97 bits per heavy atom. The first kappa shape index (κ1) is 21.3. The largest absolute Gasteiger partial charge is 0.356 e. The number of nitrogens with zero attached hydrogens (tertiary/aromatic N) is 3. The Bertz CT molecular complexity index is 858. The Morgan fingerprint density at radius 1 is 1.27 bits per heavy atom. The lowest BCUT2D eigenvalue weighted by Gasteiger charge is -2.30. The highest BCUT2D eigenvalue weighted by Crippen LogP contribution is 2.49. The zero-order chi connectivity index (χ0) is 21.6. The molecule has 3 aliphatic rings. The minimum Gasteiger partial charge on any atom is -0.356 e. The second kappa shape index (κ2) is 8.30. The number of amides is 1. The molecule has 7 nitrogen and oxygen atoms in total. The van der Waals surface area contributed by atoms with E-state index in [0.717, 1.165) is 16.1 Å². The first-order valence-corrected chi connectivity index (χ1v) is 11.8. The van der Waals surface area contributed by atoms with E-state index in [0.29, 0.717) is 17.7 Å². The Kier molecular flexibility index (Phi) is 5.90. The van der Waals surface area contributed by atoms with E-state index in [2.05, 4.69) is 60.7 Å². The first-order chi connectivity index (χ1) is 14.3. The van der Waals surface area contributed by atoms with Gasteiger partial charge in [-0.2, -0.15) is 4.90 Å². The van der Waals surface area contributed by atoms with Gasteiger partial charge in [-0.05, 0) is 32.3 Å². The van der Waals surface area contributed by atoms with Gasteiger partial charge in [0.15, 0.2) is 0 Å². The minimum atomic E-state index is -0.497. The highest BCUT2D eigenvalue weighted by atomic mass is 32.2. The van der Waals surface area contributed by atoms with Crippen LogP contribution in [0.1, 0.15) is 45.2 Å². The molecule has 0 radical (unpaired) electrons. The van der Waals surface area contributed by atoms with Crippen LogP contribution in [0.15, 0.2) is 29.3 Å². The molecule has 30 heavy (non-hydrogen) atoms. The molecular weight excluding hydrogens is 398 g/mol. The lowest BCUT2D eigenvalue weighted by atomic mass is 9.84. The highest BCUT2D eigenvalue weighted by molar-refractivity contribution is 8.00. The third-order valence-corrected chi connectivity index (χ3v) is 8.32. The van der Waals surface area contributed by atoms with Crippen molar-refractivity contribution >= 4 is 23.4 Å². The summed E-state index contributed by atoms with van der Waals surface area (Å²) in [7, 11) is 0. The molecule has 6 unspecified atom stereocenters. The molecule has 3 aliphatic heterocycles. The van der Waals surface area contributed by atoms with Crippen molar-refractivity contribution in [1.82, 2.24) is 15.6 Å². The summed E-state index contributed by atoms with van der Waals surface area (Å²) < 4.78 is 0. The van der Waals surface area contributed by atoms with Crippen molar-refractivity contribution < 1.29 is 9.66 Å². The Balaban J connectivity index is 1.84. The molecule has 2 saturated heterocycles. The van der Waals surface area contributed by atoms with Gasteiger partial charge in [-0.3, -0.25) is 9.79 Å². The van der Waals surface area contributed by atoms with Crippen LogP contribution in [0, 0.1) is 23.7 Å². The van der Waals surface area contributed by atoms with E-state index in [4.69, 9.17) is 4.99 Å². The fourth-order valence-corrected chi connectivity index (χ4v) is 6.81. The molecule has 8 heteroatoms. The van der Waals surface area contributed by atoms with Gasteiger partial charge >= 0.3 is 6.17 Å². The average molecular weight is 431 g/mol. The van der Waals surface area contributed by atoms with Crippen molar-refractivity contribution in [1.29, 1.82) is 0 Å². The summed E-state index contributed by atoms with van der Waals surface area (Å²) in [6.07, 6.45) is -0.400. The molecule has 162 valence electrons. The lowest BCUT2D eigenvalue weighted by molar-refractivity contribution is -0.631. The van der Waals surface area contributed by atoms with Crippen molar-refractivity contribution in [3.63, 3.8) is 0 Å². The zero-order valence-corrected chi connectivity index (χ0v) is 19.1. The summed E-state index contributed by atoms with van der Waals surface area (Å²) in [5.41, 5.74) is 6.35. The maximum Gasteiger partial charge on any atom is 0.315 e. The van der Waals surface area contributed by atoms with Crippen molar-refractivity contribution in [2.45, 2.75) is 70.0 Å². The molecule has 1 aromatic rings. The van der Waals surface area contributed by atoms with Crippen LogP contribution in [0.5, 0.6) is 0 Å². The molecular formula is C22H32N5O2S+. The Labute approximate surface area is 182 Å². The Hall–Kier alpha value is -1.93. The lowest BCUT2D eigenvalue weighted by Crippen LogP contribution is -2.50. The van der Waals surface area contributed by atoms with Crippen LogP contribution in [0.4, 0.5) is 0 Å². The molecule has 7 atom stereocenters. The van der Waals surface area contributed by atoms with Gasteiger partial charge in [-0.15, -0.1) is 17.2 Å². The van der Waals surface area contributed by atoms with E-state index in [1.807, 2.05) is 25.6 Å². The van der Waals surface area contributed by atoms with Crippen molar-refractivity contribution in [2.24, 2.45) is 16.8 Å². The van der Waals surface area contributed by atoms with E-state index in [1.54, 1.807) is 0 Å². The van der Waals surface area contributed by atoms with Crippen LogP contribution in [0.2, 0.25) is 0 Å². The number of carbonyl (C=O) groups is 1. The fraction of sp³-hybridized carbons (Fsp3) is 0.636. The number of aryl methyl sites for hydroxylation is 1. The molecule has 2 N–H and O–H groups in total. The van der Waals surface area contributed by atoms with Crippen molar-refractivity contribution in [3.05, 3.63) is 40.3 Å². The van der Waals surface area contributed by atoms with Gasteiger partial charge in [-0.1, -0.05) is 43.7 Å². The number of hydrogen-bond acceptors (Lipinski definition) is 5. The van der Waals surface area contributed by atoms with Crippen molar-refractivity contribution in [3.8, 4) is 0 Å². The maximum absolute atomic E-state index is 12.9. The summed E-state index contributed by atoms with van der Waals surface area (Å²) >= 11 is 1.92. The van der Waals surface area contributed by atoms with Crippen molar-refractivity contribution in [2.75, 3.05) is 6.54 Å². The van der Waals surface area contributed by atoms with Gasteiger partial charge in [0, 0.05) is 23.4 Å². The van der Waals surface area contributed by atoms with Crippen LogP contribution in [0.3, 0.4) is 0 Å². The van der Waals surface area contributed by atoms with Gasteiger partial charge in [0.05, 0.1) is 16.7 Å². The molecule has 0 aliphatic carbocycles. The summed E-state index contributed by atoms with van der Waals surface area (Å²) in [6.45, 7) is 11.1. The van der Waals surface area contributed by atoms with Gasteiger partial charge < -0.3 is 5.32 Å². The van der Waals surface area contributed by atoms with E-state index >= 15 is 0 Å². The number of carbonyl (C=O) groups excluding carboxylic acids is 1. The highest BCUT2D eigenvalue weighted by Gasteiger charge is 2.60. The molecule has 2 fully saturated rings. The number of hydrogen-bond donors (Lipinski definition) is 2. The maximum atomic E-state index is 12.9. The number of thioether (sulfide) groups is 1. The summed E-state index contributed by atoms with van der Waals surface area (Å²) in [6, 6.07) is 8.04. The molecule has 1 aromatic carbocycles. The second-order valence-corrected chi connectivity index (χ2v) is 10.2. The van der Waals surface area contributed by atoms with Crippen LogP contribution >= 0.6 is 11.8 Å². The molecule has 0 aromatic heterocycles. The summed E-state index contributed by atoms with van der Waals surface area (Å²) in [4.78, 5) is 33.8. The SMILES string of the molecule is CCNC(=O)C[C@@H]1N=C(c2ccc(C)cc2)C2C(C)C(C)SC2N2C(C)N[N+](=O)C12. The van der Waals surface area contributed by atoms with E-state index in [-0.39, 0.29) is 29.8 Å². The van der Waals surface area contributed by atoms with Crippen LogP contribution in [-0.4, -0.2) is 56.9 Å². The van der Waals surface area contributed by atoms with Gasteiger partial charge in [0.25, 0.3) is 0 Å². The third-order valence-electron chi connectivity index (χ3n) is 6.65. The van der Waals surface area contributed by atoms with Gasteiger partial charge in [-0.25, -0.2) is 0 Å².